The third kappa shape index (κ3) is 3.62. The maximum absolute atomic E-state index is 5.79. The highest BCUT2D eigenvalue weighted by Crippen LogP contribution is 2.22. The quantitative estimate of drug-likeness (QED) is 0.715. The van der Waals surface area contributed by atoms with Crippen molar-refractivity contribution in [1.29, 1.82) is 0 Å². The predicted molar refractivity (Wildman–Crippen MR) is 67.0 cm³/mol. The topological polar surface area (TPSA) is 9.23 Å². The zero-order valence-electron chi connectivity index (χ0n) is 9.71. The van der Waals surface area contributed by atoms with Crippen molar-refractivity contribution < 1.29 is 4.74 Å². The summed E-state index contributed by atoms with van der Waals surface area (Å²) in [7, 11) is 0. The Morgan fingerprint density at radius 3 is 1.80 bits per heavy atom. The van der Waals surface area contributed by atoms with Crippen LogP contribution in [0.4, 0.5) is 0 Å². The van der Waals surface area contributed by atoms with Crippen LogP contribution in [0.15, 0.2) is 31.4 Å². The van der Waals surface area contributed by atoms with Crippen LogP contribution in [-0.4, -0.2) is 5.60 Å². The summed E-state index contributed by atoms with van der Waals surface area (Å²) in [5.74, 6) is 0.856. The average Bonchev–Trinajstić information content (AvgIpc) is 2.14. The first kappa shape index (κ1) is 11.6. The van der Waals surface area contributed by atoms with Gasteiger partial charge in [-0.3, -0.25) is 0 Å². The molecule has 1 aromatic rings. The van der Waals surface area contributed by atoms with Gasteiger partial charge in [0.15, 0.2) is 0 Å². The number of hydrogen-bond donors (Lipinski definition) is 0. The molecule has 15 heavy (non-hydrogen) atoms. The molecule has 1 rings (SSSR count). The van der Waals surface area contributed by atoms with Crippen LogP contribution in [0.5, 0.6) is 5.75 Å². The van der Waals surface area contributed by atoms with E-state index in [9.17, 15) is 0 Å². The second-order valence-electron chi connectivity index (χ2n) is 4.46. The van der Waals surface area contributed by atoms with Crippen LogP contribution in [0.3, 0.4) is 0 Å². The maximum Gasteiger partial charge on any atom is 0.121 e. The molecule has 0 fully saturated rings. The van der Waals surface area contributed by atoms with E-state index in [1.165, 1.54) is 0 Å². The Hall–Kier alpha value is -1.50. The van der Waals surface area contributed by atoms with Crippen molar-refractivity contribution in [2.24, 2.45) is 0 Å². The van der Waals surface area contributed by atoms with Crippen molar-refractivity contribution in [3.8, 4) is 5.75 Å². The molecule has 0 radical (unpaired) electrons. The van der Waals surface area contributed by atoms with E-state index < -0.39 is 0 Å². The van der Waals surface area contributed by atoms with Gasteiger partial charge in [-0.1, -0.05) is 25.3 Å². The molecule has 0 aliphatic carbocycles. The number of ether oxygens (including phenoxy) is 1. The summed E-state index contributed by atoms with van der Waals surface area (Å²) in [6.45, 7) is 13.6. The highest BCUT2D eigenvalue weighted by Gasteiger charge is 2.12. The summed E-state index contributed by atoms with van der Waals surface area (Å²) in [6.07, 6.45) is 3.62. The van der Waals surface area contributed by atoms with E-state index in [1.54, 1.807) is 0 Å². The van der Waals surface area contributed by atoms with E-state index in [0.29, 0.717) is 0 Å². The van der Waals surface area contributed by atoms with Gasteiger partial charge in [-0.15, -0.1) is 0 Å². The van der Waals surface area contributed by atoms with Crippen molar-refractivity contribution in [1.82, 2.24) is 0 Å². The molecule has 0 aliphatic heterocycles. The lowest BCUT2D eigenvalue weighted by atomic mass is 10.1. The van der Waals surface area contributed by atoms with Crippen molar-refractivity contribution in [3.63, 3.8) is 0 Å². The molecule has 0 aliphatic rings. The summed E-state index contributed by atoms with van der Waals surface area (Å²) in [4.78, 5) is 0. The lowest BCUT2D eigenvalue weighted by molar-refractivity contribution is 0.131. The van der Waals surface area contributed by atoms with Gasteiger partial charge in [0.2, 0.25) is 0 Å². The highest BCUT2D eigenvalue weighted by atomic mass is 16.5. The summed E-state index contributed by atoms with van der Waals surface area (Å²) in [5, 5.41) is 0. The fourth-order valence-electron chi connectivity index (χ4n) is 1.29. The third-order valence-corrected chi connectivity index (χ3v) is 1.85. The molecule has 1 nitrogen and oxygen atoms in total. The Morgan fingerprint density at radius 1 is 1.00 bits per heavy atom. The van der Waals surface area contributed by atoms with Gasteiger partial charge in [0.05, 0.1) is 0 Å². The summed E-state index contributed by atoms with van der Waals surface area (Å²) in [6, 6.07) is 5.98. The van der Waals surface area contributed by atoms with Crippen LogP contribution < -0.4 is 4.74 Å². The van der Waals surface area contributed by atoms with Crippen molar-refractivity contribution in [2.75, 3.05) is 0 Å². The van der Waals surface area contributed by atoms with Gasteiger partial charge < -0.3 is 4.74 Å². The number of rotatable bonds is 3. The van der Waals surface area contributed by atoms with Crippen LogP contribution in [0.1, 0.15) is 31.9 Å². The van der Waals surface area contributed by atoms with Crippen LogP contribution in [-0.2, 0) is 0 Å². The predicted octanol–water partition coefficient (Wildman–Crippen LogP) is 4.15. The first-order valence-electron chi connectivity index (χ1n) is 5.03. The molecule has 0 spiro atoms. The van der Waals surface area contributed by atoms with E-state index in [0.717, 1.165) is 16.9 Å². The van der Waals surface area contributed by atoms with Gasteiger partial charge in [-0.05, 0) is 50.1 Å². The van der Waals surface area contributed by atoms with Gasteiger partial charge in [-0.2, -0.15) is 0 Å². The van der Waals surface area contributed by atoms with E-state index in [2.05, 4.69) is 13.2 Å². The van der Waals surface area contributed by atoms with Crippen molar-refractivity contribution in [3.05, 3.63) is 42.5 Å². The molecule has 0 N–H and O–H groups in total. The molecule has 0 amide bonds. The molecule has 0 bridgehead atoms. The largest absolute Gasteiger partial charge is 0.488 e. The first-order chi connectivity index (χ1) is 6.94. The maximum atomic E-state index is 5.79. The molecule has 0 saturated carbocycles. The summed E-state index contributed by atoms with van der Waals surface area (Å²) >= 11 is 0. The van der Waals surface area contributed by atoms with Gasteiger partial charge in [0.1, 0.15) is 11.4 Å². The van der Waals surface area contributed by atoms with Crippen LogP contribution >= 0.6 is 0 Å². The molecule has 80 valence electrons. The van der Waals surface area contributed by atoms with Gasteiger partial charge >= 0.3 is 0 Å². The molecule has 0 saturated heterocycles. The first-order valence-corrected chi connectivity index (χ1v) is 5.03. The Kier molecular flexibility index (Phi) is 3.35. The van der Waals surface area contributed by atoms with Gasteiger partial charge in [0, 0.05) is 0 Å². The van der Waals surface area contributed by atoms with Crippen LogP contribution in [0, 0.1) is 0 Å². The molecule has 1 aromatic carbocycles. The summed E-state index contributed by atoms with van der Waals surface area (Å²) < 4.78 is 5.79. The minimum Gasteiger partial charge on any atom is -0.488 e. The van der Waals surface area contributed by atoms with E-state index in [4.69, 9.17) is 4.74 Å². The minimum absolute atomic E-state index is 0.182. The van der Waals surface area contributed by atoms with Gasteiger partial charge in [-0.25, -0.2) is 0 Å². The monoisotopic (exact) mass is 202 g/mol. The molecule has 0 aromatic heterocycles. The third-order valence-electron chi connectivity index (χ3n) is 1.85. The smallest absolute Gasteiger partial charge is 0.121 e. The van der Waals surface area contributed by atoms with E-state index in [1.807, 2.05) is 51.1 Å². The molecule has 0 heterocycles. The molecule has 0 atom stereocenters. The normalized spacial score (nSPS) is 10.9. The SMILES string of the molecule is C=Cc1cc(C=C)cc(OC(C)(C)C)c1. The molecule has 1 heteroatoms. The fourth-order valence-corrected chi connectivity index (χ4v) is 1.29. The Morgan fingerprint density at radius 2 is 1.47 bits per heavy atom. The molecular formula is C14H18O. The zero-order chi connectivity index (χ0) is 11.5. The summed E-state index contributed by atoms with van der Waals surface area (Å²) in [5.41, 5.74) is 1.91. The van der Waals surface area contributed by atoms with Gasteiger partial charge in [0.25, 0.3) is 0 Å². The van der Waals surface area contributed by atoms with E-state index in [-0.39, 0.29) is 5.60 Å². The van der Waals surface area contributed by atoms with Crippen LogP contribution in [0.2, 0.25) is 0 Å². The lowest BCUT2D eigenvalue weighted by Gasteiger charge is -2.21. The standard InChI is InChI=1S/C14H18O/c1-6-11-8-12(7-2)10-13(9-11)15-14(3,4)5/h6-10H,1-2H2,3-5H3. The minimum atomic E-state index is -0.182. The average molecular weight is 202 g/mol. The van der Waals surface area contributed by atoms with Crippen molar-refractivity contribution >= 4 is 12.2 Å². The Bertz CT molecular complexity index is 343. The zero-order valence-corrected chi connectivity index (χ0v) is 9.71. The second-order valence-corrected chi connectivity index (χ2v) is 4.46. The molecular weight excluding hydrogens is 184 g/mol. The number of benzene rings is 1. The second kappa shape index (κ2) is 4.35. The fraction of sp³-hybridized carbons (Fsp3) is 0.286. The lowest BCUT2D eigenvalue weighted by Crippen LogP contribution is -2.22. The Balaban J connectivity index is 3.07. The van der Waals surface area contributed by atoms with Crippen LogP contribution in [0.25, 0.3) is 12.2 Å². The highest BCUT2D eigenvalue weighted by molar-refractivity contribution is 5.59. The Labute approximate surface area is 92.1 Å². The van der Waals surface area contributed by atoms with Crippen molar-refractivity contribution in [2.45, 2.75) is 26.4 Å². The van der Waals surface area contributed by atoms with E-state index >= 15 is 0 Å². The number of hydrogen-bond acceptors (Lipinski definition) is 1. The molecule has 0 unspecified atom stereocenters.